The summed E-state index contributed by atoms with van der Waals surface area (Å²) < 4.78 is 18.3. The molecule has 1 saturated carbocycles. The molecule has 2 aromatic rings. The highest BCUT2D eigenvalue weighted by atomic mass is 32.1. The van der Waals surface area contributed by atoms with Crippen LogP contribution >= 0.6 is 11.3 Å². The van der Waals surface area contributed by atoms with Crippen molar-refractivity contribution in [2.24, 2.45) is 0 Å². The van der Waals surface area contributed by atoms with Crippen LogP contribution in [0.15, 0.2) is 41.8 Å². The number of nitrogens with one attached hydrogen (secondary N) is 1. The second-order valence-corrected chi connectivity index (χ2v) is 7.70. The van der Waals surface area contributed by atoms with Crippen LogP contribution in [0.3, 0.4) is 0 Å². The Labute approximate surface area is 172 Å². The fraction of sp³-hybridized carbons (Fsp3) is 0.286. The Hall–Kier alpha value is -3.00. The molecular formula is C21H21FN2O4S. The largest absolute Gasteiger partial charge is 0.452 e. The molecule has 1 fully saturated rings. The summed E-state index contributed by atoms with van der Waals surface area (Å²) in [6.45, 7) is -0.561. The number of thiophene rings is 1. The first-order valence-corrected chi connectivity index (χ1v) is 10.0. The van der Waals surface area contributed by atoms with E-state index in [1.165, 1.54) is 35.4 Å². The molecule has 0 unspecified atom stereocenters. The number of amides is 2. The van der Waals surface area contributed by atoms with E-state index in [0.29, 0.717) is 10.4 Å². The minimum Gasteiger partial charge on any atom is -0.452 e. The summed E-state index contributed by atoms with van der Waals surface area (Å²) in [7, 11) is 1.48. The predicted molar refractivity (Wildman–Crippen MR) is 108 cm³/mol. The molecule has 0 radical (unpaired) electrons. The second-order valence-electron chi connectivity index (χ2n) is 6.75. The Morgan fingerprint density at radius 2 is 1.97 bits per heavy atom. The van der Waals surface area contributed by atoms with Crippen molar-refractivity contribution in [3.63, 3.8) is 0 Å². The van der Waals surface area contributed by atoms with Gasteiger partial charge in [0.2, 0.25) is 5.91 Å². The molecule has 1 N–H and O–H groups in total. The van der Waals surface area contributed by atoms with Crippen molar-refractivity contribution in [3.05, 3.63) is 58.0 Å². The van der Waals surface area contributed by atoms with Gasteiger partial charge in [0.25, 0.3) is 5.91 Å². The molecule has 1 aromatic carbocycles. The molecule has 1 aliphatic carbocycles. The maximum Gasteiger partial charge on any atom is 0.340 e. The van der Waals surface area contributed by atoms with Gasteiger partial charge in [0, 0.05) is 18.0 Å². The van der Waals surface area contributed by atoms with E-state index < -0.39 is 18.5 Å². The molecular weight excluding hydrogens is 395 g/mol. The van der Waals surface area contributed by atoms with Crippen LogP contribution in [-0.4, -0.2) is 48.9 Å². The Morgan fingerprint density at radius 1 is 1.24 bits per heavy atom. The van der Waals surface area contributed by atoms with Gasteiger partial charge in [0.1, 0.15) is 5.82 Å². The van der Waals surface area contributed by atoms with Crippen LogP contribution < -0.4 is 5.32 Å². The minimum absolute atomic E-state index is 0.0872. The lowest BCUT2D eigenvalue weighted by molar-refractivity contribution is -0.147. The second kappa shape index (κ2) is 9.47. The summed E-state index contributed by atoms with van der Waals surface area (Å²) in [4.78, 5) is 38.5. The first-order valence-electron chi connectivity index (χ1n) is 9.14. The van der Waals surface area contributed by atoms with Gasteiger partial charge in [-0.2, -0.15) is 0 Å². The number of nitrogens with zero attached hydrogens (tertiary/aromatic N) is 1. The van der Waals surface area contributed by atoms with Gasteiger partial charge in [-0.15, -0.1) is 11.3 Å². The van der Waals surface area contributed by atoms with Gasteiger partial charge in [-0.05, 0) is 48.1 Å². The zero-order valence-electron chi connectivity index (χ0n) is 15.9. The van der Waals surface area contributed by atoms with Gasteiger partial charge < -0.3 is 15.0 Å². The number of benzene rings is 1. The average molecular weight is 416 g/mol. The lowest BCUT2D eigenvalue weighted by Crippen LogP contribution is -2.40. The van der Waals surface area contributed by atoms with E-state index in [0.717, 1.165) is 12.8 Å². The number of halogens is 1. The zero-order chi connectivity index (χ0) is 20.8. The van der Waals surface area contributed by atoms with Gasteiger partial charge in [-0.1, -0.05) is 18.2 Å². The highest BCUT2D eigenvalue weighted by molar-refractivity contribution is 7.11. The van der Waals surface area contributed by atoms with Crippen molar-refractivity contribution in [1.82, 2.24) is 10.2 Å². The molecule has 1 aliphatic rings. The van der Waals surface area contributed by atoms with Crippen LogP contribution in [0.1, 0.15) is 23.3 Å². The molecule has 6 nitrogen and oxygen atoms in total. The molecule has 0 saturated heterocycles. The summed E-state index contributed by atoms with van der Waals surface area (Å²) in [6, 6.07) is 9.47. The van der Waals surface area contributed by atoms with Gasteiger partial charge in [-0.25, -0.2) is 9.18 Å². The van der Waals surface area contributed by atoms with Crippen LogP contribution in [0.4, 0.5) is 4.39 Å². The summed E-state index contributed by atoms with van der Waals surface area (Å²) in [5.74, 6) is -1.75. The van der Waals surface area contributed by atoms with Crippen LogP contribution in [0, 0.1) is 5.82 Å². The SMILES string of the molecule is CN(CC(=O)NC1CC1)C(=O)COC(=O)/C(=C/c1ccc(F)cc1)c1cccs1. The molecule has 1 heterocycles. The smallest absolute Gasteiger partial charge is 0.340 e. The molecule has 29 heavy (non-hydrogen) atoms. The molecule has 0 spiro atoms. The van der Waals surface area contributed by atoms with Crippen molar-refractivity contribution in [1.29, 1.82) is 0 Å². The number of hydrogen-bond acceptors (Lipinski definition) is 5. The summed E-state index contributed by atoms with van der Waals surface area (Å²) in [5.41, 5.74) is 0.903. The van der Waals surface area contributed by atoms with Gasteiger partial charge in [-0.3, -0.25) is 9.59 Å². The van der Waals surface area contributed by atoms with E-state index in [4.69, 9.17) is 4.74 Å². The number of hydrogen-bond donors (Lipinski definition) is 1. The molecule has 8 heteroatoms. The first-order chi connectivity index (χ1) is 13.9. The minimum atomic E-state index is -0.666. The fourth-order valence-corrected chi connectivity index (χ4v) is 3.24. The molecule has 152 valence electrons. The highest BCUT2D eigenvalue weighted by Crippen LogP contribution is 2.24. The fourth-order valence-electron chi connectivity index (χ4n) is 2.51. The van der Waals surface area contributed by atoms with E-state index in [-0.39, 0.29) is 29.9 Å². The van der Waals surface area contributed by atoms with Crippen LogP contribution in [-0.2, 0) is 19.1 Å². The number of likely N-dealkylation sites (N-methyl/N-ethyl adjacent to an activating group) is 1. The number of rotatable bonds is 8. The average Bonchev–Trinajstić information content (AvgIpc) is 3.34. The first kappa shape index (κ1) is 20.7. The molecule has 2 amide bonds. The standard InChI is InChI=1S/C21H21FN2O4S/c1-24(12-19(25)23-16-8-9-16)20(26)13-28-21(27)17(18-3-2-10-29-18)11-14-4-6-15(22)7-5-14/h2-7,10-11,16H,8-9,12-13H2,1H3,(H,23,25)/b17-11+. The Morgan fingerprint density at radius 3 is 2.59 bits per heavy atom. The van der Waals surface area contributed by atoms with Crippen LogP contribution in [0.2, 0.25) is 0 Å². The maximum atomic E-state index is 13.1. The monoisotopic (exact) mass is 416 g/mol. The summed E-state index contributed by atoms with van der Waals surface area (Å²) in [6.07, 6.45) is 3.52. The van der Waals surface area contributed by atoms with E-state index in [1.54, 1.807) is 30.3 Å². The van der Waals surface area contributed by atoms with Crippen molar-refractivity contribution >= 4 is 40.8 Å². The predicted octanol–water partition coefficient (Wildman–Crippen LogP) is 2.71. The number of carbonyl (C=O) groups is 3. The number of ether oxygens (including phenoxy) is 1. The quantitative estimate of drug-likeness (QED) is 0.530. The van der Waals surface area contributed by atoms with E-state index in [1.807, 2.05) is 5.38 Å². The summed E-state index contributed by atoms with van der Waals surface area (Å²) >= 11 is 1.35. The number of esters is 1. The third-order valence-electron chi connectivity index (χ3n) is 4.26. The van der Waals surface area contributed by atoms with Gasteiger partial charge in [0.15, 0.2) is 6.61 Å². The van der Waals surface area contributed by atoms with Crippen molar-refractivity contribution in [2.45, 2.75) is 18.9 Å². The van der Waals surface area contributed by atoms with Crippen molar-refractivity contribution < 1.29 is 23.5 Å². The van der Waals surface area contributed by atoms with Gasteiger partial charge in [0.05, 0.1) is 12.1 Å². The lowest BCUT2D eigenvalue weighted by atomic mass is 10.1. The van der Waals surface area contributed by atoms with Crippen LogP contribution in [0.5, 0.6) is 0 Å². The third-order valence-corrected chi connectivity index (χ3v) is 5.17. The molecule has 3 rings (SSSR count). The zero-order valence-corrected chi connectivity index (χ0v) is 16.7. The topological polar surface area (TPSA) is 75.7 Å². The van der Waals surface area contributed by atoms with E-state index in [2.05, 4.69) is 5.32 Å². The van der Waals surface area contributed by atoms with Gasteiger partial charge >= 0.3 is 5.97 Å². The van der Waals surface area contributed by atoms with Crippen LogP contribution in [0.25, 0.3) is 11.6 Å². The third kappa shape index (κ3) is 6.25. The molecule has 0 bridgehead atoms. The normalized spacial score (nSPS) is 13.7. The number of carbonyl (C=O) groups excluding carboxylic acids is 3. The Balaban J connectivity index is 1.61. The van der Waals surface area contributed by atoms with E-state index in [9.17, 15) is 18.8 Å². The molecule has 0 aliphatic heterocycles. The van der Waals surface area contributed by atoms with Crippen molar-refractivity contribution in [3.8, 4) is 0 Å². The lowest BCUT2D eigenvalue weighted by Gasteiger charge is -2.17. The summed E-state index contributed by atoms with van der Waals surface area (Å²) in [5, 5.41) is 4.62. The molecule has 1 aromatic heterocycles. The van der Waals surface area contributed by atoms with Crippen molar-refractivity contribution in [2.75, 3.05) is 20.2 Å². The Bertz CT molecular complexity index is 905. The Kier molecular flexibility index (Phi) is 6.77. The maximum absolute atomic E-state index is 13.1. The molecule has 0 atom stereocenters. The highest BCUT2D eigenvalue weighted by Gasteiger charge is 2.25. The van der Waals surface area contributed by atoms with E-state index >= 15 is 0 Å².